The molecule has 1 rings (SSSR count). The second-order valence-electron chi connectivity index (χ2n) is 6.47. The molecule has 2 nitrogen and oxygen atoms in total. The predicted octanol–water partition coefficient (Wildman–Crippen LogP) is 6.87. The Labute approximate surface area is 156 Å². The van der Waals surface area contributed by atoms with Crippen LogP contribution in [0.25, 0.3) is 0 Å². The van der Waals surface area contributed by atoms with E-state index in [9.17, 15) is 4.79 Å². The number of rotatable bonds is 14. The minimum atomic E-state index is -0.897. The van der Waals surface area contributed by atoms with Gasteiger partial charge in [-0.05, 0) is 30.9 Å². The number of carbonyl (C=O) groups is 1. The fourth-order valence-electron chi connectivity index (χ4n) is 2.88. The molecule has 0 saturated heterocycles. The summed E-state index contributed by atoms with van der Waals surface area (Å²) in [5.74, 6) is -0.897. The summed E-state index contributed by atoms with van der Waals surface area (Å²) in [6.07, 6.45) is 13.8. The van der Waals surface area contributed by atoms with Crippen molar-refractivity contribution in [2.45, 2.75) is 82.4 Å². The van der Waals surface area contributed by atoms with Gasteiger partial charge in [-0.2, -0.15) is 0 Å². The number of hydrogen-bond acceptors (Lipinski definition) is 1. The maximum atomic E-state index is 10.6. The second kappa shape index (κ2) is 13.5. The molecule has 0 bridgehead atoms. The third kappa shape index (κ3) is 10.2. The topological polar surface area (TPSA) is 37.3 Å². The number of halogens is 2. The van der Waals surface area contributed by atoms with Crippen LogP contribution in [-0.4, -0.2) is 16.5 Å². The average molecular weight is 373 g/mol. The third-order valence-corrected chi connectivity index (χ3v) is 5.15. The Hall–Kier alpha value is -0.730. The van der Waals surface area contributed by atoms with Gasteiger partial charge in [0.15, 0.2) is 0 Å². The van der Waals surface area contributed by atoms with Gasteiger partial charge < -0.3 is 5.11 Å². The van der Waals surface area contributed by atoms with Crippen molar-refractivity contribution in [3.8, 4) is 0 Å². The van der Waals surface area contributed by atoms with E-state index in [4.69, 9.17) is 28.3 Å². The average Bonchev–Trinajstić information content (AvgIpc) is 2.57. The van der Waals surface area contributed by atoms with Gasteiger partial charge in [-0.1, -0.05) is 87.6 Å². The van der Waals surface area contributed by atoms with Crippen LogP contribution in [0.2, 0.25) is 5.02 Å². The predicted molar refractivity (Wildman–Crippen MR) is 103 cm³/mol. The largest absolute Gasteiger partial charge is 0.480 e. The van der Waals surface area contributed by atoms with E-state index in [-0.39, 0.29) is 0 Å². The molecule has 136 valence electrons. The first-order valence-electron chi connectivity index (χ1n) is 9.21. The first-order chi connectivity index (χ1) is 11.6. The van der Waals surface area contributed by atoms with Crippen LogP contribution in [0.3, 0.4) is 0 Å². The summed E-state index contributed by atoms with van der Waals surface area (Å²) in [6, 6.07) is 8.11. The molecule has 0 fully saturated rings. The summed E-state index contributed by atoms with van der Waals surface area (Å²) < 4.78 is 0. The summed E-state index contributed by atoms with van der Waals surface area (Å²) in [5, 5.41) is 8.86. The Morgan fingerprint density at radius 2 is 1.38 bits per heavy atom. The molecule has 0 radical (unpaired) electrons. The molecule has 1 unspecified atom stereocenters. The van der Waals surface area contributed by atoms with E-state index in [1.165, 1.54) is 56.9 Å². The summed E-state index contributed by atoms with van der Waals surface area (Å²) in [4.78, 5) is 10.6. The van der Waals surface area contributed by atoms with Crippen LogP contribution in [0, 0.1) is 0 Å². The van der Waals surface area contributed by atoms with Crippen LogP contribution in [0.4, 0.5) is 0 Å². The summed E-state index contributed by atoms with van der Waals surface area (Å²) in [5.41, 5.74) is 1.27. The van der Waals surface area contributed by atoms with Gasteiger partial charge in [0.1, 0.15) is 5.38 Å². The lowest BCUT2D eigenvalue weighted by Gasteiger charge is -2.05. The maximum Gasteiger partial charge on any atom is 0.321 e. The number of aliphatic carboxylic acids is 1. The van der Waals surface area contributed by atoms with Crippen molar-refractivity contribution in [1.82, 2.24) is 0 Å². The third-order valence-electron chi connectivity index (χ3n) is 4.38. The van der Waals surface area contributed by atoms with Gasteiger partial charge in [0.2, 0.25) is 0 Å². The van der Waals surface area contributed by atoms with E-state index in [2.05, 4.69) is 12.1 Å². The number of carboxylic acid groups (broad SMARTS) is 1. The smallest absolute Gasteiger partial charge is 0.321 e. The van der Waals surface area contributed by atoms with Crippen molar-refractivity contribution in [1.29, 1.82) is 0 Å². The molecule has 1 N–H and O–H groups in total. The summed E-state index contributed by atoms with van der Waals surface area (Å²) in [7, 11) is 0. The quantitative estimate of drug-likeness (QED) is 0.285. The summed E-state index contributed by atoms with van der Waals surface area (Å²) >= 11 is 11.8. The number of hydrogen-bond donors (Lipinski definition) is 1. The van der Waals surface area contributed by atoms with E-state index < -0.39 is 11.3 Å². The molecule has 1 aromatic rings. The van der Waals surface area contributed by atoms with Crippen molar-refractivity contribution >= 4 is 29.2 Å². The first kappa shape index (κ1) is 21.3. The van der Waals surface area contributed by atoms with E-state index in [1.807, 2.05) is 12.1 Å². The first-order valence-corrected chi connectivity index (χ1v) is 10.0. The van der Waals surface area contributed by atoms with Gasteiger partial charge in [-0.3, -0.25) is 4.79 Å². The zero-order valence-corrected chi connectivity index (χ0v) is 16.0. The van der Waals surface area contributed by atoms with E-state index in [0.29, 0.717) is 6.42 Å². The highest BCUT2D eigenvalue weighted by atomic mass is 35.5. The molecule has 0 aromatic heterocycles. The number of unbranched alkanes of at least 4 members (excludes halogenated alkanes) is 9. The Morgan fingerprint density at radius 3 is 1.92 bits per heavy atom. The number of benzene rings is 1. The standard InChI is InChI=1S/C20H30Cl2O2/c21-18-15-12-11-14-17(18)13-9-7-5-3-1-2-4-6-8-10-16-19(22)20(23)24/h11-12,14-15,19H,1-10,13,16H2,(H,23,24). The van der Waals surface area contributed by atoms with E-state index in [0.717, 1.165) is 24.3 Å². The van der Waals surface area contributed by atoms with Crippen LogP contribution < -0.4 is 0 Å². The fourth-order valence-corrected chi connectivity index (χ4v) is 3.26. The Kier molecular flexibility index (Phi) is 12.0. The lowest BCUT2D eigenvalue weighted by Crippen LogP contribution is -2.12. The van der Waals surface area contributed by atoms with Crippen LogP contribution in [0.5, 0.6) is 0 Å². The van der Waals surface area contributed by atoms with E-state index in [1.54, 1.807) is 0 Å². The molecule has 1 atom stereocenters. The van der Waals surface area contributed by atoms with Gasteiger partial charge in [-0.15, -0.1) is 11.6 Å². The maximum absolute atomic E-state index is 10.6. The molecule has 0 amide bonds. The Balaban J connectivity index is 1.84. The minimum absolute atomic E-state index is 0.586. The van der Waals surface area contributed by atoms with Crippen molar-refractivity contribution in [3.05, 3.63) is 34.9 Å². The lowest BCUT2D eigenvalue weighted by atomic mass is 10.0. The highest BCUT2D eigenvalue weighted by molar-refractivity contribution is 6.31. The molecular formula is C20H30Cl2O2. The molecular weight excluding hydrogens is 343 g/mol. The van der Waals surface area contributed by atoms with Crippen molar-refractivity contribution < 1.29 is 9.90 Å². The van der Waals surface area contributed by atoms with Crippen molar-refractivity contribution in [2.75, 3.05) is 0 Å². The van der Waals surface area contributed by atoms with Gasteiger partial charge in [0.05, 0.1) is 0 Å². The Bertz CT molecular complexity index is 463. The molecule has 4 heteroatoms. The second-order valence-corrected chi connectivity index (χ2v) is 7.41. The van der Waals surface area contributed by atoms with Crippen LogP contribution >= 0.6 is 23.2 Å². The molecule has 0 saturated carbocycles. The normalized spacial score (nSPS) is 12.2. The van der Waals surface area contributed by atoms with Gasteiger partial charge in [-0.25, -0.2) is 0 Å². The molecule has 0 aliphatic carbocycles. The molecule has 0 aliphatic heterocycles. The lowest BCUT2D eigenvalue weighted by molar-refractivity contribution is -0.136. The molecule has 0 aliphatic rings. The molecule has 24 heavy (non-hydrogen) atoms. The van der Waals surface area contributed by atoms with Gasteiger partial charge >= 0.3 is 5.97 Å². The van der Waals surface area contributed by atoms with Gasteiger partial charge in [0, 0.05) is 5.02 Å². The Morgan fingerprint density at radius 1 is 0.875 bits per heavy atom. The fraction of sp³-hybridized carbons (Fsp3) is 0.650. The van der Waals surface area contributed by atoms with Gasteiger partial charge in [0.25, 0.3) is 0 Å². The highest BCUT2D eigenvalue weighted by Crippen LogP contribution is 2.18. The molecule has 1 aromatic carbocycles. The van der Waals surface area contributed by atoms with E-state index >= 15 is 0 Å². The van der Waals surface area contributed by atoms with Crippen molar-refractivity contribution in [3.63, 3.8) is 0 Å². The number of alkyl halides is 1. The SMILES string of the molecule is O=C(O)C(Cl)CCCCCCCCCCCCc1ccccc1Cl. The number of aryl methyl sites for hydroxylation is 1. The van der Waals surface area contributed by atoms with Crippen LogP contribution in [-0.2, 0) is 11.2 Å². The monoisotopic (exact) mass is 372 g/mol. The zero-order chi connectivity index (χ0) is 17.6. The minimum Gasteiger partial charge on any atom is -0.480 e. The molecule has 0 spiro atoms. The van der Waals surface area contributed by atoms with Crippen LogP contribution in [0.15, 0.2) is 24.3 Å². The molecule has 0 heterocycles. The zero-order valence-electron chi connectivity index (χ0n) is 14.5. The number of carboxylic acids is 1. The van der Waals surface area contributed by atoms with Crippen LogP contribution in [0.1, 0.15) is 76.2 Å². The summed E-state index contributed by atoms with van der Waals surface area (Å²) in [6.45, 7) is 0. The van der Waals surface area contributed by atoms with Crippen molar-refractivity contribution in [2.24, 2.45) is 0 Å². The highest BCUT2D eigenvalue weighted by Gasteiger charge is 2.11.